The van der Waals surface area contributed by atoms with Gasteiger partial charge in [-0.15, -0.1) is 0 Å². The molecule has 0 saturated carbocycles. The molecule has 0 radical (unpaired) electrons. The minimum absolute atomic E-state index is 0.109. The molecule has 0 bridgehead atoms. The number of halogens is 2. The number of hydrogen-bond acceptors (Lipinski definition) is 0. The van der Waals surface area contributed by atoms with Crippen molar-refractivity contribution in [2.24, 2.45) is 0 Å². The monoisotopic (exact) mass is 162 g/mol. The van der Waals surface area contributed by atoms with Crippen LogP contribution in [0.5, 0.6) is 0 Å². The largest absolute Gasteiger partial charge is 0.212 e. The Morgan fingerprint density at radius 1 is 1.50 bits per heavy atom. The van der Waals surface area contributed by atoms with E-state index in [9.17, 15) is 4.39 Å². The second-order valence-corrected chi connectivity index (χ2v) is 2.71. The minimum atomic E-state index is -0.109. The maximum absolute atomic E-state index is 12.5. The smallest absolute Gasteiger partial charge is 0.0999 e. The molecule has 0 spiro atoms. The molecule has 2 heteroatoms. The molecule has 0 heterocycles. The molecule has 0 amide bonds. The van der Waals surface area contributed by atoms with Crippen LogP contribution in [0.2, 0.25) is 0 Å². The Hall–Kier alpha value is -0.300. The van der Waals surface area contributed by atoms with Gasteiger partial charge in [-0.1, -0.05) is 18.5 Å². The van der Waals surface area contributed by atoms with Gasteiger partial charge < -0.3 is 0 Å². The van der Waals surface area contributed by atoms with Crippen LogP contribution in [0.3, 0.4) is 0 Å². The Morgan fingerprint density at radius 2 is 2.10 bits per heavy atom. The van der Waals surface area contributed by atoms with Crippen LogP contribution in [0.15, 0.2) is 23.0 Å². The van der Waals surface area contributed by atoms with Crippen molar-refractivity contribution in [1.29, 1.82) is 0 Å². The SMILES string of the molecule is CCC/C(F)=C\C=C(/C)Cl. The molecular formula is C8H12ClF. The maximum atomic E-state index is 12.5. The maximum Gasteiger partial charge on any atom is 0.0999 e. The van der Waals surface area contributed by atoms with Gasteiger partial charge in [-0.2, -0.15) is 0 Å². The molecule has 0 aliphatic carbocycles. The molecule has 0 N–H and O–H groups in total. The summed E-state index contributed by atoms with van der Waals surface area (Å²) >= 11 is 5.47. The van der Waals surface area contributed by atoms with Crippen LogP contribution in [0, 0.1) is 0 Å². The van der Waals surface area contributed by atoms with E-state index >= 15 is 0 Å². The summed E-state index contributed by atoms with van der Waals surface area (Å²) in [5.74, 6) is -0.109. The Balaban J connectivity index is 3.79. The highest BCUT2D eigenvalue weighted by molar-refractivity contribution is 6.29. The van der Waals surface area contributed by atoms with E-state index in [0.717, 1.165) is 6.42 Å². The second-order valence-electron chi connectivity index (χ2n) is 2.12. The van der Waals surface area contributed by atoms with E-state index in [-0.39, 0.29) is 5.83 Å². The topological polar surface area (TPSA) is 0 Å². The molecule has 0 atom stereocenters. The fourth-order valence-electron chi connectivity index (χ4n) is 0.527. The molecule has 0 fully saturated rings. The van der Waals surface area contributed by atoms with Gasteiger partial charge in [0.2, 0.25) is 0 Å². The first-order valence-corrected chi connectivity index (χ1v) is 3.73. The fourth-order valence-corrected chi connectivity index (χ4v) is 0.590. The third kappa shape index (κ3) is 5.83. The van der Waals surface area contributed by atoms with E-state index in [4.69, 9.17) is 11.6 Å². The molecular weight excluding hydrogens is 151 g/mol. The van der Waals surface area contributed by atoms with Crippen LogP contribution in [0.25, 0.3) is 0 Å². The number of allylic oxidation sites excluding steroid dienone is 4. The van der Waals surface area contributed by atoms with Gasteiger partial charge in [0.15, 0.2) is 0 Å². The van der Waals surface area contributed by atoms with Crippen LogP contribution in [0.4, 0.5) is 4.39 Å². The third-order valence-electron chi connectivity index (χ3n) is 0.983. The molecule has 0 aliphatic rings. The zero-order valence-electron chi connectivity index (χ0n) is 6.32. The summed E-state index contributed by atoms with van der Waals surface area (Å²) in [5, 5.41) is 0.603. The summed E-state index contributed by atoms with van der Waals surface area (Å²) in [4.78, 5) is 0. The Kier molecular flexibility index (Phi) is 5.32. The predicted octanol–water partition coefficient (Wildman–Crippen LogP) is 3.78. The van der Waals surface area contributed by atoms with Crippen molar-refractivity contribution in [3.63, 3.8) is 0 Å². The molecule has 0 aliphatic heterocycles. The molecule has 0 nitrogen and oxygen atoms in total. The first kappa shape index (κ1) is 9.70. The summed E-state index contributed by atoms with van der Waals surface area (Å²) in [7, 11) is 0. The third-order valence-corrected chi connectivity index (χ3v) is 1.11. The van der Waals surface area contributed by atoms with E-state index < -0.39 is 0 Å². The van der Waals surface area contributed by atoms with Crippen molar-refractivity contribution in [2.45, 2.75) is 26.7 Å². The van der Waals surface area contributed by atoms with E-state index in [1.807, 2.05) is 6.92 Å². The van der Waals surface area contributed by atoms with E-state index in [0.29, 0.717) is 11.5 Å². The highest BCUT2D eigenvalue weighted by Crippen LogP contribution is 2.07. The van der Waals surface area contributed by atoms with Crippen molar-refractivity contribution in [3.05, 3.63) is 23.0 Å². The van der Waals surface area contributed by atoms with Crippen molar-refractivity contribution in [3.8, 4) is 0 Å². The van der Waals surface area contributed by atoms with Gasteiger partial charge in [0, 0.05) is 5.03 Å². The summed E-state index contributed by atoms with van der Waals surface area (Å²) in [6, 6.07) is 0. The lowest BCUT2D eigenvalue weighted by Crippen LogP contribution is -1.70. The van der Waals surface area contributed by atoms with Crippen LogP contribution in [-0.4, -0.2) is 0 Å². The van der Waals surface area contributed by atoms with Crippen LogP contribution < -0.4 is 0 Å². The first-order valence-electron chi connectivity index (χ1n) is 3.35. The zero-order chi connectivity index (χ0) is 7.98. The number of rotatable bonds is 3. The molecule has 0 aromatic carbocycles. The summed E-state index contributed by atoms with van der Waals surface area (Å²) in [6.45, 7) is 3.65. The molecule has 0 aromatic rings. The molecule has 58 valence electrons. The zero-order valence-corrected chi connectivity index (χ0v) is 7.08. The number of hydrogen-bond donors (Lipinski definition) is 0. The van der Waals surface area contributed by atoms with Crippen molar-refractivity contribution in [1.82, 2.24) is 0 Å². The highest BCUT2D eigenvalue weighted by atomic mass is 35.5. The van der Waals surface area contributed by atoms with Crippen molar-refractivity contribution in [2.75, 3.05) is 0 Å². The summed E-state index contributed by atoms with van der Waals surface area (Å²) in [5.41, 5.74) is 0. The quantitative estimate of drug-likeness (QED) is 0.554. The van der Waals surface area contributed by atoms with Gasteiger partial charge in [-0.3, -0.25) is 0 Å². The van der Waals surface area contributed by atoms with Gasteiger partial charge in [-0.05, 0) is 31.9 Å². The fraction of sp³-hybridized carbons (Fsp3) is 0.500. The first-order chi connectivity index (χ1) is 4.66. The molecule has 0 aromatic heterocycles. The van der Waals surface area contributed by atoms with E-state index in [1.165, 1.54) is 6.08 Å². The summed E-state index contributed by atoms with van der Waals surface area (Å²) in [6.07, 6.45) is 4.30. The standard InChI is InChI=1S/C8H12ClF/c1-3-4-8(10)6-5-7(2)9/h5-6H,3-4H2,1-2H3/b7-5+,8-6+. The van der Waals surface area contributed by atoms with E-state index in [1.54, 1.807) is 13.0 Å². The average molecular weight is 163 g/mol. The lowest BCUT2D eigenvalue weighted by molar-refractivity contribution is 0.584. The molecule has 10 heavy (non-hydrogen) atoms. The summed E-state index contributed by atoms with van der Waals surface area (Å²) < 4.78 is 12.5. The van der Waals surface area contributed by atoms with Crippen LogP contribution in [-0.2, 0) is 0 Å². The van der Waals surface area contributed by atoms with Gasteiger partial charge in [-0.25, -0.2) is 4.39 Å². The van der Waals surface area contributed by atoms with Crippen molar-refractivity contribution >= 4 is 11.6 Å². The Bertz CT molecular complexity index is 143. The van der Waals surface area contributed by atoms with Crippen LogP contribution >= 0.6 is 11.6 Å². The van der Waals surface area contributed by atoms with Gasteiger partial charge >= 0.3 is 0 Å². The average Bonchev–Trinajstić information content (AvgIpc) is 1.85. The van der Waals surface area contributed by atoms with Crippen molar-refractivity contribution < 1.29 is 4.39 Å². The van der Waals surface area contributed by atoms with Gasteiger partial charge in [0.1, 0.15) is 0 Å². The van der Waals surface area contributed by atoms with Gasteiger partial charge in [0.25, 0.3) is 0 Å². The van der Waals surface area contributed by atoms with Crippen LogP contribution in [0.1, 0.15) is 26.7 Å². The Labute approximate surface area is 66.4 Å². The molecule has 0 rings (SSSR count). The predicted molar refractivity (Wildman–Crippen MR) is 43.7 cm³/mol. The normalized spacial score (nSPS) is 14.0. The van der Waals surface area contributed by atoms with Gasteiger partial charge in [0.05, 0.1) is 5.83 Å². The highest BCUT2D eigenvalue weighted by Gasteiger charge is 1.88. The lowest BCUT2D eigenvalue weighted by Gasteiger charge is -1.88. The molecule has 0 saturated heterocycles. The lowest BCUT2D eigenvalue weighted by atomic mass is 10.3. The molecule has 0 unspecified atom stereocenters. The Morgan fingerprint density at radius 3 is 2.50 bits per heavy atom. The minimum Gasteiger partial charge on any atom is -0.212 e. The van der Waals surface area contributed by atoms with E-state index in [2.05, 4.69) is 0 Å². The second kappa shape index (κ2) is 5.48.